The Morgan fingerprint density at radius 2 is 1.96 bits per heavy atom. The zero-order valence-corrected chi connectivity index (χ0v) is 18.2. The second kappa shape index (κ2) is 10.9. The first-order chi connectivity index (χ1) is 12.5. The third kappa shape index (κ3) is 8.96. The number of cyclic esters (lactones) is 1. The highest BCUT2D eigenvalue weighted by Crippen LogP contribution is 2.28. The van der Waals surface area contributed by atoms with E-state index in [0.29, 0.717) is 18.3 Å². The third-order valence-corrected chi connectivity index (χ3v) is 4.77. The molecule has 1 fully saturated rings. The van der Waals surface area contributed by atoms with Gasteiger partial charge >= 0.3 is 12.1 Å². The molecule has 0 aromatic heterocycles. The van der Waals surface area contributed by atoms with E-state index in [0.717, 1.165) is 25.7 Å². The van der Waals surface area contributed by atoms with Crippen LogP contribution >= 0.6 is 0 Å². The lowest BCUT2D eigenvalue weighted by molar-refractivity contribution is -0.157. The standard InChI is InChI=1S/C21H39NO5/c1-15(2)11-12-17-9-8-10-18(19(23)26-16(3)13-17)22(14-25-7)20(24)27-21(4,5)6/h15-18H,8-14H2,1-7H3/t16-,17+,18-/m0/s1. The van der Waals surface area contributed by atoms with E-state index < -0.39 is 17.7 Å². The summed E-state index contributed by atoms with van der Waals surface area (Å²) in [6.45, 7) is 11.8. The van der Waals surface area contributed by atoms with Crippen molar-refractivity contribution in [2.45, 2.75) is 97.8 Å². The molecule has 0 aliphatic carbocycles. The normalized spacial score (nSPS) is 24.6. The van der Waals surface area contributed by atoms with E-state index in [2.05, 4.69) is 13.8 Å². The maximum atomic E-state index is 12.8. The number of nitrogens with zero attached hydrogens (tertiary/aromatic N) is 1. The Bertz CT molecular complexity index is 472. The Hall–Kier alpha value is -1.30. The summed E-state index contributed by atoms with van der Waals surface area (Å²) in [7, 11) is 1.50. The molecule has 3 atom stereocenters. The fraction of sp³-hybridized carbons (Fsp3) is 0.905. The van der Waals surface area contributed by atoms with Gasteiger partial charge in [0.15, 0.2) is 0 Å². The summed E-state index contributed by atoms with van der Waals surface area (Å²) in [5.41, 5.74) is -0.638. The molecular formula is C21H39NO5. The van der Waals surface area contributed by atoms with Crippen LogP contribution in [-0.2, 0) is 19.0 Å². The molecule has 0 saturated carbocycles. The Kier molecular flexibility index (Phi) is 9.57. The van der Waals surface area contributed by atoms with Crippen LogP contribution in [0.1, 0.15) is 80.1 Å². The summed E-state index contributed by atoms with van der Waals surface area (Å²) in [5, 5.41) is 0. The van der Waals surface area contributed by atoms with E-state index in [-0.39, 0.29) is 18.8 Å². The number of esters is 1. The summed E-state index contributed by atoms with van der Waals surface area (Å²) < 4.78 is 16.3. The molecule has 6 nitrogen and oxygen atoms in total. The van der Waals surface area contributed by atoms with Crippen LogP contribution in [0, 0.1) is 11.8 Å². The van der Waals surface area contributed by atoms with Crippen LogP contribution < -0.4 is 0 Å². The Labute approximate surface area is 164 Å². The molecule has 0 N–H and O–H groups in total. The predicted molar refractivity (Wildman–Crippen MR) is 105 cm³/mol. The summed E-state index contributed by atoms with van der Waals surface area (Å²) >= 11 is 0. The lowest BCUT2D eigenvalue weighted by Crippen LogP contribution is -2.49. The second-order valence-corrected chi connectivity index (χ2v) is 9.14. The third-order valence-electron chi connectivity index (χ3n) is 4.77. The van der Waals surface area contributed by atoms with Crippen molar-refractivity contribution >= 4 is 12.1 Å². The summed E-state index contributed by atoms with van der Waals surface area (Å²) in [4.78, 5) is 26.7. The molecule has 0 spiro atoms. The van der Waals surface area contributed by atoms with Gasteiger partial charge in [-0.25, -0.2) is 9.59 Å². The van der Waals surface area contributed by atoms with Gasteiger partial charge in [-0.3, -0.25) is 4.90 Å². The predicted octanol–water partition coefficient (Wildman–Crippen LogP) is 4.75. The number of methoxy groups -OCH3 is 1. The molecule has 0 radical (unpaired) electrons. The fourth-order valence-corrected chi connectivity index (χ4v) is 3.47. The number of carbonyl (C=O) groups is 2. The average Bonchev–Trinajstić information content (AvgIpc) is 2.58. The van der Waals surface area contributed by atoms with Crippen molar-refractivity contribution in [3.63, 3.8) is 0 Å². The van der Waals surface area contributed by atoms with E-state index >= 15 is 0 Å². The molecule has 1 amide bonds. The van der Waals surface area contributed by atoms with Crippen LogP contribution in [0.4, 0.5) is 4.79 Å². The zero-order valence-electron chi connectivity index (χ0n) is 18.2. The highest BCUT2D eigenvalue weighted by atomic mass is 16.6. The van der Waals surface area contributed by atoms with Crippen LogP contribution in [0.15, 0.2) is 0 Å². The van der Waals surface area contributed by atoms with Crippen LogP contribution in [-0.4, -0.2) is 48.5 Å². The summed E-state index contributed by atoms with van der Waals surface area (Å²) in [6.07, 6.45) is 4.99. The van der Waals surface area contributed by atoms with Crippen molar-refractivity contribution in [3.05, 3.63) is 0 Å². The lowest BCUT2D eigenvalue weighted by Gasteiger charge is -2.32. The maximum Gasteiger partial charge on any atom is 0.412 e. The van der Waals surface area contributed by atoms with Crippen LogP contribution in [0.3, 0.4) is 0 Å². The van der Waals surface area contributed by atoms with E-state index in [1.807, 2.05) is 6.92 Å². The first-order valence-electron chi connectivity index (χ1n) is 10.2. The quantitative estimate of drug-likeness (QED) is 0.487. The molecule has 1 heterocycles. The van der Waals surface area contributed by atoms with Gasteiger partial charge in [-0.05, 0) is 52.4 Å². The molecule has 0 aromatic carbocycles. The molecule has 6 heteroatoms. The van der Waals surface area contributed by atoms with Gasteiger partial charge in [0, 0.05) is 7.11 Å². The minimum atomic E-state index is -0.675. The Morgan fingerprint density at radius 3 is 2.52 bits per heavy atom. The monoisotopic (exact) mass is 385 g/mol. The fourth-order valence-electron chi connectivity index (χ4n) is 3.47. The van der Waals surface area contributed by atoms with Crippen molar-refractivity contribution in [3.8, 4) is 0 Å². The SMILES string of the molecule is COCN(C(=O)OC(C)(C)C)[C@H]1CCC[C@H](CCC(C)C)C[C@H](C)OC1=O. The molecule has 158 valence electrons. The molecule has 0 unspecified atom stereocenters. The summed E-state index contributed by atoms with van der Waals surface area (Å²) in [5.74, 6) is 0.855. The van der Waals surface area contributed by atoms with Gasteiger partial charge < -0.3 is 14.2 Å². The molecule has 1 aliphatic rings. The van der Waals surface area contributed by atoms with Crippen LogP contribution in [0.25, 0.3) is 0 Å². The van der Waals surface area contributed by atoms with E-state index in [1.54, 1.807) is 20.8 Å². The van der Waals surface area contributed by atoms with Gasteiger partial charge in [-0.15, -0.1) is 0 Å². The van der Waals surface area contributed by atoms with E-state index in [9.17, 15) is 9.59 Å². The smallest absolute Gasteiger partial charge is 0.412 e. The van der Waals surface area contributed by atoms with Crippen molar-refractivity contribution in [2.24, 2.45) is 11.8 Å². The van der Waals surface area contributed by atoms with Gasteiger partial charge in [-0.1, -0.05) is 39.5 Å². The van der Waals surface area contributed by atoms with Crippen molar-refractivity contribution in [1.29, 1.82) is 0 Å². The number of rotatable bonds is 6. The lowest BCUT2D eigenvalue weighted by atomic mass is 9.89. The molecule has 27 heavy (non-hydrogen) atoms. The molecule has 1 aliphatic heterocycles. The second-order valence-electron chi connectivity index (χ2n) is 9.14. The van der Waals surface area contributed by atoms with Crippen molar-refractivity contribution in [1.82, 2.24) is 4.90 Å². The van der Waals surface area contributed by atoms with Crippen molar-refractivity contribution in [2.75, 3.05) is 13.8 Å². The highest BCUT2D eigenvalue weighted by molar-refractivity contribution is 5.81. The van der Waals surface area contributed by atoms with Crippen LogP contribution in [0.5, 0.6) is 0 Å². The van der Waals surface area contributed by atoms with Crippen LogP contribution in [0.2, 0.25) is 0 Å². The first-order valence-corrected chi connectivity index (χ1v) is 10.2. The number of hydrogen-bond acceptors (Lipinski definition) is 5. The van der Waals surface area contributed by atoms with E-state index in [4.69, 9.17) is 14.2 Å². The minimum absolute atomic E-state index is 0.000160. The van der Waals surface area contributed by atoms with Gasteiger partial charge in [0.2, 0.25) is 0 Å². The highest BCUT2D eigenvalue weighted by Gasteiger charge is 2.35. The Morgan fingerprint density at radius 1 is 1.30 bits per heavy atom. The first kappa shape index (κ1) is 23.7. The van der Waals surface area contributed by atoms with Gasteiger partial charge in [0.1, 0.15) is 18.4 Å². The van der Waals surface area contributed by atoms with Gasteiger partial charge in [0.05, 0.1) is 6.10 Å². The van der Waals surface area contributed by atoms with E-state index in [1.165, 1.54) is 18.4 Å². The average molecular weight is 386 g/mol. The topological polar surface area (TPSA) is 65.1 Å². The Balaban J connectivity index is 2.87. The molecule has 1 saturated heterocycles. The number of amides is 1. The maximum absolute atomic E-state index is 12.8. The zero-order chi connectivity index (χ0) is 20.6. The van der Waals surface area contributed by atoms with Gasteiger partial charge in [0.25, 0.3) is 0 Å². The largest absolute Gasteiger partial charge is 0.461 e. The number of hydrogen-bond donors (Lipinski definition) is 0. The van der Waals surface area contributed by atoms with Gasteiger partial charge in [-0.2, -0.15) is 0 Å². The minimum Gasteiger partial charge on any atom is -0.461 e. The molecule has 0 bridgehead atoms. The molecule has 1 rings (SSSR count). The molecular weight excluding hydrogens is 346 g/mol. The molecule has 0 aromatic rings. The number of ether oxygens (including phenoxy) is 3. The number of carbonyl (C=O) groups excluding carboxylic acids is 2. The van der Waals surface area contributed by atoms with Crippen molar-refractivity contribution < 1.29 is 23.8 Å². The summed E-state index contributed by atoms with van der Waals surface area (Å²) in [6, 6.07) is -0.675.